The molecule has 5 heteroatoms. The molecule has 5 nitrogen and oxygen atoms in total. The van der Waals surface area contributed by atoms with Crippen LogP contribution < -0.4 is 5.73 Å². The molecule has 0 saturated carbocycles. The number of anilines is 1. The number of esters is 1. The number of hydrogen-bond donors (Lipinski definition) is 1. The van der Waals surface area contributed by atoms with E-state index in [4.69, 9.17) is 10.5 Å². The average molecular weight is 223 g/mol. The van der Waals surface area contributed by atoms with Gasteiger partial charge in [-0.25, -0.2) is 9.78 Å². The summed E-state index contributed by atoms with van der Waals surface area (Å²) >= 11 is 0. The molecular formula is C11H17N3O2. The molecule has 0 saturated heterocycles. The van der Waals surface area contributed by atoms with Crippen LogP contribution >= 0.6 is 0 Å². The minimum absolute atomic E-state index is 0.00400. The van der Waals surface area contributed by atoms with E-state index < -0.39 is 5.97 Å². The van der Waals surface area contributed by atoms with Crippen LogP contribution in [-0.4, -0.2) is 22.1 Å². The van der Waals surface area contributed by atoms with Gasteiger partial charge in [-0.3, -0.25) is 0 Å². The van der Waals surface area contributed by atoms with Crippen molar-refractivity contribution >= 4 is 11.8 Å². The molecule has 0 aliphatic rings. The summed E-state index contributed by atoms with van der Waals surface area (Å²) in [6.45, 7) is 9.45. The van der Waals surface area contributed by atoms with Gasteiger partial charge in [0.05, 0.1) is 12.6 Å². The SMILES string of the molecule is C=CC(C)n1c(C)nc(C(=O)OCC)c1N. The molecule has 16 heavy (non-hydrogen) atoms. The average Bonchev–Trinajstić information content (AvgIpc) is 2.54. The lowest BCUT2D eigenvalue weighted by molar-refractivity contribution is 0.0521. The number of nitrogen functional groups attached to an aromatic ring is 1. The van der Waals surface area contributed by atoms with Crippen molar-refractivity contribution in [2.45, 2.75) is 26.8 Å². The fourth-order valence-electron chi connectivity index (χ4n) is 1.53. The Hall–Kier alpha value is -1.78. The Morgan fingerprint density at radius 1 is 1.75 bits per heavy atom. The van der Waals surface area contributed by atoms with Gasteiger partial charge in [0.15, 0.2) is 5.69 Å². The lowest BCUT2D eigenvalue weighted by Gasteiger charge is -2.12. The van der Waals surface area contributed by atoms with Crippen molar-refractivity contribution in [2.75, 3.05) is 12.3 Å². The third kappa shape index (κ3) is 2.08. The number of carbonyl (C=O) groups excluding carboxylic acids is 1. The minimum Gasteiger partial charge on any atom is -0.461 e. The summed E-state index contributed by atoms with van der Waals surface area (Å²) in [4.78, 5) is 15.7. The number of allylic oxidation sites excluding steroid dienone is 1. The molecule has 0 fully saturated rings. The van der Waals surface area contributed by atoms with E-state index in [-0.39, 0.29) is 11.7 Å². The van der Waals surface area contributed by atoms with Gasteiger partial charge in [-0.2, -0.15) is 0 Å². The zero-order chi connectivity index (χ0) is 12.3. The third-order valence-electron chi connectivity index (χ3n) is 2.34. The summed E-state index contributed by atoms with van der Waals surface area (Å²) in [5, 5.41) is 0. The number of imidazole rings is 1. The predicted molar refractivity (Wildman–Crippen MR) is 62.2 cm³/mol. The Labute approximate surface area is 94.9 Å². The normalized spacial score (nSPS) is 12.2. The molecule has 88 valence electrons. The Bertz CT molecular complexity index is 410. The highest BCUT2D eigenvalue weighted by molar-refractivity contribution is 5.92. The molecule has 1 unspecified atom stereocenters. The third-order valence-corrected chi connectivity index (χ3v) is 2.34. The van der Waals surface area contributed by atoms with Crippen LogP contribution in [-0.2, 0) is 4.74 Å². The standard InChI is InChI=1S/C11H17N3O2/c1-5-7(3)14-8(4)13-9(10(14)12)11(15)16-6-2/h5,7H,1,6,12H2,2-4H3. The Morgan fingerprint density at radius 2 is 2.38 bits per heavy atom. The van der Waals surface area contributed by atoms with E-state index in [1.165, 1.54) is 0 Å². The number of carbonyl (C=O) groups is 1. The molecule has 0 radical (unpaired) electrons. The van der Waals surface area contributed by atoms with E-state index >= 15 is 0 Å². The number of rotatable bonds is 4. The number of nitrogens with zero attached hydrogens (tertiary/aromatic N) is 2. The fourth-order valence-corrected chi connectivity index (χ4v) is 1.53. The first-order valence-electron chi connectivity index (χ1n) is 5.16. The molecular weight excluding hydrogens is 206 g/mol. The van der Waals surface area contributed by atoms with Crippen LogP contribution in [0.3, 0.4) is 0 Å². The van der Waals surface area contributed by atoms with Gasteiger partial charge >= 0.3 is 5.97 Å². The van der Waals surface area contributed by atoms with Crippen molar-refractivity contribution in [1.82, 2.24) is 9.55 Å². The Kier molecular flexibility index (Phi) is 3.71. The van der Waals surface area contributed by atoms with E-state index in [0.29, 0.717) is 18.2 Å². The molecule has 0 aliphatic heterocycles. The second-order valence-corrected chi connectivity index (χ2v) is 3.46. The molecule has 0 bridgehead atoms. The largest absolute Gasteiger partial charge is 0.461 e. The number of aryl methyl sites for hydroxylation is 1. The van der Waals surface area contributed by atoms with Crippen LogP contribution in [0.5, 0.6) is 0 Å². The topological polar surface area (TPSA) is 70.1 Å². The highest BCUT2D eigenvalue weighted by atomic mass is 16.5. The van der Waals surface area contributed by atoms with Crippen molar-refractivity contribution in [2.24, 2.45) is 0 Å². The van der Waals surface area contributed by atoms with Gasteiger partial charge in [-0.1, -0.05) is 6.08 Å². The summed E-state index contributed by atoms with van der Waals surface area (Å²) in [5.74, 6) is 0.509. The second-order valence-electron chi connectivity index (χ2n) is 3.46. The summed E-state index contributed by atoms with van der Waals surface area (Å²) < 4.78 is 6.62. The predicted octanol–water partition coefficient (Wildman–Crippen LogP) is 1.70. The Balaban J connectivity index is 3.15. The lowest BCUT2D eigenvalue weighted by atomic mass is 10.3. The highest BCUT2D eigenvalue weighted by Gasteiger charge is 2.21. The molecule has 1 atom stereocenters. The van der Waals surface area contributed by atoms with E-state index in [1.54, 1.807) is 24.5 Å². The second kappa shape index (κ2) is 4.83. The van der Waals surface area contributed by atoms with Crippen LogP contribution in [0.15, 0.2) is 12.7 Å². The lowest BCUT2D eigenvalue weighted by Crippen LogP contribution is -2.11. The van der Waals surface area contributed by atoms with Gasteiger partial charge in [0.2, 0.25) is 0 Å². The number of nitrogens with two attached hydrogens (primary N) is 1. The quantitative estimate of drug-likeness (QED) is 0.623. The smallest absolute Gasteiger partial charge is 0.360 e. The first-order valence-corrected chi connectivity index (χ1v) is 5.16. The van der Waals surface area contributed by atoms with Crippen molar-refractivity contribution in [3.8, 4) is 0 Å². The first-order chi connectivity index (χ1) is 7.52. The Morgan fingerprint density at radius 3 is 2.88 bits per heavy atom. The van der Waals surface area contributed by atoms with Gasteiger partial charge in [-0.15, -0.1) is 6.58 Å². The van der Waals surface area contributed by atoms with E-state index in [2.05, 4.69) is 11.6 Å². The van der Waals surface area contributed by atoms with Crippen molar-refractivity contribution in [3.05, 3.63) is 24.2 Å². The molecule has 1 rings (SSSR count). The number of aromatic nitrogens is 2. The van der Waals surface area contributed by atoms with Crippen LogP contribution in [0, 0.1) is 6.92 Å². The summed E-state index contributed by atoms with van der Waals surface area (Å²) in [6, 6.07) is -0.00400. The zero-order valence-corrected chi connectivity index (χ0v) is 9.86. The maximum absolute atomic E-state index is 11.5. The minimum atomic E-state index is -0.488. The monoisotopic (exact) mass is 223 g/mol. The van der Waals surface area contributed by atoms with Crippen molar-refractivity contribution in [1.29, 1.82) is 0 Å². The molecule has 0 amide bonds. The molecule has 0 aromatic carbocycles. The first kappa shape index (κ1) is 12.3. The van der Waals surface area contributed by atoms with Crippen LogP contribution in [0.1, 0.15) is 36.2 Å². The molecule has 2 N–H and O–H groups in total. The fraction of sp³-hybridized carbons (Fsp3) is 0.455. The summed E-state index contributed by atoms with van der Waals surface area (Å²) in [6.07, 6.45) is 1.74. The molecule has 1 aromatic heterocycles. The van der Waals surface area contributed by atoms with E-state index in [1.807, 2.05) is 6.92 Å². The van der Waals surface area contributed by atoms with E-state index in [0.717, 1.165) is 0 Å². The summed E-state index contributed by atoms with van der Waals surface area (Å²) in [7, 11) is 0. The van der Waals surface area contributed by atoms with Gasteiger partial charge in [0.25, 0.3) is 0 Å². The van der Waals surface area contributed by atoms with Gasteiger partial charge in [0.1, 0.15) is 11.6 Å². The van der Waals surface area contributed by atoms with Gasteiger partial charge in [-0.05, 0) is 20.8 Å². The number of ether oxygens (including phenoxy) is 1. The molecule has 0 aliphatic carbocycles. The number of hydrogen-bond acceptors (Lipinski definition) is 4. The van der Waals surface area contributed by atoms with Crippen LogP contribution in [0.2, 0.25) is 0 Å². The molecule has 1 heterocycles. The van der Waals surface area contributed by atoms with E-state index in [9.17, 15) is 4.79 Å². The highest BCUT2D eigenvalue weighted by Crippen LogP contribution is 2.21. The van der Waals surface area contributed by atoms with Gasteiger partial charge < -0.3 is 15.0 Å². The zero-order valence-electron chi connectivity index (χ0n) is 9.86. The maximum Gasteiger partial charge on any atom is 0.360 e. The molecule has 1 aromatic rings. The van der Waals surface area contributed by atoms with Crippen LogP contribution in [0.25, 0.3) is 0 Å². The maximum atomic E-state index is 11.5. The van der Waals surface area contributed by atoms with Crippen molar-refractivity contribution in [3.63, 3.8) is 0 Å². The van der Waals surface area contributed by atoms with Crippen LogP contribution in [0.4, 0.5) is 5.82 Å². The van der Waals surface area contributed by atoms with Gasteiger partial charge in [0, 0.05) is 0 Å². The van der Waals surface area contributed by atoms with Crippen molar-refractivity contribution < 1.29 is 9.53 Å². The summed E-state index contributed by atoms with van der Waals surface area (Å²) in [5.41, 5.74) is 6.04. The molecule has 0 spiro atoms.